The summed E-state index contributed by atoms with van der Waals surface area (Å²) < 4.78 is 11.3. The lowest BCUT2D eigenvalue weighted by molar-refractivity contribution is 0.0688. The summed E-state index contributed by atoms with van der Waals surface area (Å²) in [7, 11) is 3.34. The molecule has 47 heavy (non-hydrogen) atoms. The van der Waals surface area contributed by atoms with Gasteiger partial charge in [-0.15, -0.1) is 0 Å². The molecule has 248 valence electrons. The fourth-order valence-electron chi connectivity index (χ4n) is 7.32. The quantitative estimate of drug-likeness (QED) is 0.102. The fraction of sp³-hybridized carbons (Fsp3) is 0.405. The van der Waals surface area contributed by atoms with Crippen LogP contribution in [0.4, 0.5) is 5.69 Å². The van der Waals surface area contributed by atoms with Crippen molar-refractivity contribution in [3.8, 4) is 11.5 Å². The second-order valence-corrected chi connectivity index (χ2v) is 12.8. The van der Waals surface area contributed by atoms with Crippen molar-refractivity contribution in [3.05, 3.63) is 125 Å². The third-order valence-electron chi connectivity index (χ3n) is 9.87. The third kappa shape index (κ3) is 8.57. The number of carbonyl (C=O) groups excluding carboxylic acids is 1. The van der Waals surface area contributed by atoms with Crippen LogP contribution >= 0.6 is 0 Å². The zero-order valence-electron chi connectivity index (χ0n) is 28.8. The molecule has 2 atom stereocenters. The standard InChI is InChI=1S/C42H52N2O3/c1-5-43(6-2)39-26-16-24-36-37(39)31-44(42(36)45)38(35-27-28-40(46-3)41(30-35)47-4)25-14-13-21-34(29-33-19-11-8-12-20-33)23-15-22-32-17-9-7-10-18-32/h7-12,16-20,24,26-28,30,34,38H,5-6,13-15,21-23,25,29,31H2,1-4H3/t34?,38-/m1/s1. The number of anilines is 1. The molecule has 0 saturated carbocycles. The molecule has 1 aliphatic rings. The number of methoxy groups -OCH3 is 2. The Morgan fingerprint density at radius 3 is 2.06 bits per heavy atom. The predicted molar refractivity (Wildman–Crippen MR) is 194 cm³/mol. The van der Waals surface area contributed by atoms with Gasteiger partial charge in [0, 0.05) is 36.4 Å². The molecule has 0 aliphatic carbocycles. The fourth-order valence-corrected chi connectivity index (χ4v) is 7.32. The van der Waals surface area contributed by atoms with Gasteiger partial charge in [-0.2, -0.15) is 0 Å². The molecule has 1 aliphatic heterocycles. The van der Waals surface area contributed by atoms with Crippen LogP contribution in [-0.4, -0.2) is 38.1 Å². The Hall–Kier alpha value is -4.25. The lowest BCUT2D eigenvalue weighted by Gasteiger charge is -2.30. The molecule has 0 aromatic heterocycles. The van der Waals surface area contributed by atoms with E-state index in [2.05, 4.69) is 103 Å². The van der Waals surface area contributed by atoms with E-state index >= 15 is 0 Å². The molecule has 5 heteroatoms. The molecular weight excluding hydrogens is 580 g/mol. The lowest BCUT2D eigenvalue weighted by atomic mass is 9.88. The SMILES string of the molecule is CCN(CC)c1cccc2c1CN([C@H](CCCCC(CCCc1ccccc1)Cc1ccccc1)c1ccc(OC)c(OC)c1)C2=O. The molecule has 0 saturated heterocycles. The Kier molecular flexibility index (Phi) is 12.4. The van der Waals surface area contributed by atoms with E-state index in [1.54, 1.807) is 14.2 Å². The first-order chi connectivity index (χ1) is 23.1. The van der Waals surface area contributed by atoms with Gasteiger partial charge < -0.3 is 19.3 Å². The highest BCUT2D eigenvalue weighted by Gasteiger charge is 2.35. The summed E-state index contributed by atoms with van der Waals surface area (Å²) in [5.74, 6) is 2.16. The average molecular weight is 633 g/mol. The van der Waals surface area contributed by atoms with E-state index in [1.807, 2.05) is 18.2 Å². The Bertz CT molecular complexity index is 1550. The average Bonchev–Trinajstić information content (AvgIpc) is 3.45. The highest BCUT2D eigenvalue weighted by molar-refractivity contribution is 6.00. The van der Waals surface area contributed by atoms with E-state index in [4.69, 9.17) is 9.47 Å². The predicted octanol–water partition coefficient (Wildman–Crippen LogP) is 9.69. The van der Waals surface area contributed by atoms with E-state index < -0.39 is 0 Å². The summed E-state index contributed by atoms with van der Waals surface area (Å²) in [6.07, 6.45) is 8.92. The summed E-state index contributed by atoms with van der Waals surface area (Å²) in [5.41, 5.74) is 7.09. The molecular formula is C42H52N2O3. The number of hydrogen-bond acceptors (Lipinski definition) is 4. The number of rotatable bonds is 18. The first-order valence-electron chi connectivity index (χ1n) is 17.5. The topological polar surface area (TPSA) is 42.0 Å². The number of benzene rings is 4. The minimum absolute atomic E-state index is 0.0510. The Morgan fingerprint density at radius 2 is 1.38 bits per heavy atom. The van der Waals surface area contributed by atoms with Crippen LogP contribution in [-0.2, 0) is 19.4 Å². The van der Waals surface area contributed by atoms with Crippen LogP contribution in [0.5, 0.6) is 11.5 Å². The monoisotopic (exact) mass is 632 g/mol. The van der Waals surface area contributed by atoms with Crippen molar-refractivity contribution in [1.82, 2.24) is 4.90 Å². The van der Waals surface area contributed by atoms with Crippen LogP contribution < -0.4 is 14.4 Å². The molecule has 0 radical (unpaired) electrons. The van der Waals surface area contributed by atoms with Crippen molar-refractivity contribution < 1.29 is 14.3 Å². The van der Waals surface area contributed by atoms with E-state index in [0.717, 1.165) is 61.9 Å². The Morgan fingerprint density at radius 1 is 0.723 bits per heavy atom. The Balaban J connectivity index is 1.32. The second-order valence-electron chi connectivity index (χ2n) is 12.8. The van der Waals surface area contributed by atoms with E-state index in [1.165, 1.54) is 36.1 Å². The molecule has 4 aromatic carbocycles. The third-order valence-corrected chi connectivity index (χ3v) is 9.87. The second kappa shape index (κ2) is 17.1. The first kappa shape index (κ1) is 34.1. The van der Waals surface area contributed by atoms with Gasteiger partial charge in [0.1, 0.15) is 0 Å². The van der Waals surface area contributed by atoms with Crippen LogP contribution in [0.25, 0.3) is 0 Å². The number of nitrogens with zero attached hydrogens (tertiary/aromatic N) is 2. The molecule has 0 spiro atoms. The van der Waals surface area contributed by atoms with Crippen LogP contribution in [0.15, 0.2) is 97.1 Å². The van der Waals surface area contributed by atoms with Crippen molar-refractivity contribution in [2.24, 2.45) is 5.92 Å². The van der Waals surface area contributed by atoms with Crippen LogP contribution in [0.3, 0.4) is 0 Å². The number of ether oxygens (including phenoxy) is 2. The zero-order valence-corrected chi connectivity index (χ0v) is 28.8. The van der Waals surface area contributed by atoms with Crippen LogP contribution in [0.1, 0.15) is 91.0 Å². The summed E-state index contributed by atoms with van der Waals surface area (Å²) in [6.45, 7) is 6.80. The molecule has 1 amide bonds. The van der Waals surface area contributed by atoms with Gasteiger partial charge >= 0.3 is 0 Å². The number of amides is 1. The zero-order chi connectivity index (χ0) is 33.0. The maximum atomic E-state index is 14.1. The summed E-state index contributed by atoms with van der Waals surface area (Å²) in [5, 5.41) is 0. The van der Waals surface area contributed by atoms with Crippen LogP contribution in [0.2, 0.25) is 0 Å². The normalized spacial score (nSPS) is 13.7. The van der Waals surface area contributed by atoms with Crippen molar-refractivity contribution in [2.45, 2.75) is 77.8 Å². The summed E-state index contributed by atoms with van der Waals surface area (Å²) in [6, 6.07) is 34.1. The molecule has 0 bridgehead atoms. The van der Waals surface area contributed by atoms with Gasteiger partial charge in [0.25, 0.3) is 5.91 Å². The number of carbonyl (C=O) groups is 1. The largest absolute Gasteiger partial charge is 0.493 e. The van der Waals surface area contributed by atoms with Crippen molar-refractivity contribution in [1.29, 1.82) is 0 Å². The lowest BCUT2D eigenvalue weighted by Crippen LogP contribution is -2.29. The van der Waals surface area contributed by atoms with Gasteiger partial charge in [-0.05, 0) is 92.8 Å². The molecule has 5 nitrogen and oxygen atoms in total. The molecule has 0 fully saturated rings. The van der Waals surface area contributed by atoms with Gasteiger partial charge in [-0.1, -0.05) is 92.1 Å². The van der Waals surface area contributed by atoms with Crippen molar-refractivity contribution in [2.75, 3.05) is 32.2 Å². The van der Waals surface area contributed by atoms with E-state index in [9.17, 15) is 4.79 Å². The number of unbranched alkanes of at least 4 members (excludes halogenated alkanes) is 1. The minimum Gasteiger partial charge on any atom is -0.493 e. The van der Waals surface area contributed by atoms with Gasteiger partial charge in [0.15, 0.2) is 11.5 Å². The Labute approximate surface area is 282 Å². The molecule has 0 N–H and O–H groups in total. The smallest absolute Gasteiger partial charge is 0.255 e. The molecule has 5 rings (SSSR count). The highest BCUT2D eigenvalue weighted by atomic mass is 16.5. The van der Waals surface area contributed by atoms with Crippen molar-refractivity contribution >= 4 is 11.6 Å². The van der Waals surface area contributed by atoms with E-state index in [-0.39, 0.29) is 11.9 Å². The highest BCUT2D eigenvalue weighted by Crippen LogP contribution is 2.41. The summed E-state index contributed by atoms with van der Waals surface area (Å²) >= 11 is 0. The van der Waals surface area contributed by atoms with Crippen LogP contribution in [0, 0.1) is 5.92 Å². The molecule has 1 unspecified atom stereocenters. The summed E-state index contributed by atoms with van der Waals surface area (Å²) in [4.78, 5) is 18.5. The van der Waals surface area contributed by atoms with Gasteiger partial charge in [-0.25, -0.2) is 0 Å². The van der Waals surface area contributed by atoms with E-state index in [0.29, 0.717) is 24.0 Å². The van der Waals surface area contributed by atoms with Crippen molar-refractivity contribution in [3.63, 3.8) is 0 Å². The number of aryl methyl sites for hydroxylation is 1. The first-order valence-corrected chi connectivity index (χ1v) is 17.5. The molecule has 1 heterocycles. The van der Waals surface area contributed by atoms with Gasteiger partial charge in [0.05, 0.1) is 20.3 Å². The van der Waals surface area contributed by atoms with Gasteiger partial charge in [0.2, 0.25) is 0 Å². The van der Waals surface area contributed by atoms with Gasteiger partial charge in [-0.3, -0.25) is 4.79 Å². The molecule has 4 aromatic rings. The minimum atomic E-state index is -0.0510. The number of fused-ring (bicyclic) bond motifs is 1. The maximum absolute atomic E-state index is 14.1. The number of hydrogen-bond donors (Lipinski definition) is 0. The maximum Gasteiger partial charge on any atom is 0.255 e.